The molecule has 2 heterocycles. The van der Waals surface area contributed by atoms with Crippen LogP contribution in [0.25, 0.3) is 0 Å². The Morgan fingerprint density at radius 3 is 2.88 bits per heavy atom. The number of furan rings is 1. The first-order chi connectivity index (χ1) is 7.66. The summed E-state index contributed by atoms with van der Waals surface area (Å²) in [5.74, 6) is 0.699. The van der Waals surface area contributed by atoms with Crippen molar-refractivity contribution < 1.29 is 9.21 Å². The average molecular weight is 281 g/mol. The number of halogens is 1. The van der Waals surface area contributed by atoms with Gasteiger partial charge in [-0.1, -0.05) is 0 Å². The van der Waals surface area contributed by atoms with E-state index in [0.29, 0.717) is 16.1 Å². The van der Waals surface area contributed by atoms with Crippen molar-refractivity contribution in [2.45, 2.75) is 6.92 Å². The Bertz CT molecular complexity index is 522. The second-order valence-corrected chi connectivity index (χ2v) is 3.96. The largest absolute Gasteiger partial charge is 0.456 e. The summed E-state index contributed by atoms with van der Waals surface area (Å²) >= 11 is 3.25. The average Bonchev–Trinajstić information content (AvgIpc) is 2.68. The quantitative estimate of drug-likeness (QED) is 0.861. The lowest BCUT2D eigenvalue weighted by molar-refractivity contribution is 0.0995. The van der Waals surface area contributed by atoms with Crippen molar-refractivity contribution >= 4 is 27.5 Å². The van der Waals surface area contributed by atoms with E-state index in [1.807, 2.05) is 0 Å². The molecule has 2 rings (SSSR count). The lowest BCUT2D eigenvalue weighted by Crippen LogP contribution is -2.11. The third-order valence-electron chi connectivity index (χ3n) is 1.97. The summed E-state index contributed by atoms with van der Waals surface area (Å²) in [7, 11) is 0. The summed E-state index contributed by atoms with van der Waals surface area (Å²) in [4.78, 5) is 15.7. The van der Waals surface area contributed by atoms with E-state index in [0.717, 1.165) is 0 Å². The molecule has 1 N–H and O–H groups in total. The van der Waals surface area contributed by atoms with Crippen LogP contribution in [0.4, 0.5) is 5.69 Å². The molecule has 0 atom stereocenters. The molecule has 5 heteroatoms. The van der Waals surface area contributed by atoms with E-state index in [9.17, 15) is 4.79 Å². The minimum absolute atomic E-state index is 0.285. The van der Waals surface area contributed by atoms with Gasteiger partial charge in [0.25, 0.3) is 5.91 Å². The number of hydrogen-bond donors (Lipinski definition) is 1. The molecule has 0 aliphatic carbocycles. The maximum Gasteiger partial charge on any atom is 0.291 e. The lowest BCUT2D eigenvalue weighted by Gasteiger charge is -2.03. The number of aryl methyl sites for hydroxylation is 1. The van der Waals surface area contributed by atoms with Crippen LogP contribution in [0.3, 0.4) is 0 Å². The summed E-state index contributed by atoms with van der Waals surface area (Å²) < 4.78 is 5.80. The molecule has 0 aliphatic heterocycles. The fraction of sp³-hybridized carbons (Fsp3) is 0.0909. The van der Waals surface area contributed by atoms with E-state index in [2.05, 4.69) is 26.2 Å². The Balaban J connectivity index is 2.17. The van der Waals surface area contributed by atoms with Crippen molar-refractivity contribution in [2.75, 3.05) is 5.32 Å². The first-order valence-electron chi connectivity index (χ1n) is 4.65. The standard InChI is InChI=1S/C11H9BrN2O2/c1-7-4-5-9(16-7)11(15)14-8-3-2-6-13-10(8)12/h2-6H,1H3,(H,14,15). The van der Waals surface area contributed by atoms with Crippen molar-refractivity contribution in [1.29, 1.82) is 0 Å². The number of nitrogens with zero attached hydrogens (tertiary/aromatic N) is 1. The highest BCUT2D eigenvalue weighted by Crippen LogP contribution is 2.19. The van der Waals surface area contributed by atoms with E-state index in [1.54, 1.807) is 37.4 Å². The Morgan fingerprint density at radius 1 is 1.44 bits per heavy atom. The first kappa shape index (κ1) is 10.9. The highest BCUT2D eigenvalue weighted by Gasteiger charge is 2.11. The van der Waals surface area contributed by atoms with Crippen molar-refractivity contribution in [3.05, 3.63) is 46.6 Å². The predicted molar refractivity (Wildman–Crippen MR) is 63.3 cm³/mol. The number of pyridine rings is 1. The van der Waals surface area contributed by atoms with Gasteiger partial charge in [0.05, 0.1) is 5.69 Å². The normalized spacial score (nSPS) is 10.1. The lowest BCUT2D eigenvalue weighted by atomic mass is 10.3. The van der Waals surface area contributed by atoms with Gasteiger partial charge < -0.3 is 9.73 Å². The molecule has 4 nitrogen and oxygen atoms in total. The van der Waals surface area contributed by atoms with Crippen LogP contribution >= 0.6 is 15.9 Å². The number of nitrogens with one attached hydrogen (secondary N) is 1. The van der Waals surface area contributed by atoms with Crippen molar-refractivity contribution in [3.63, 3.8) is 0 Å². The molecule has 2 aromatic heterocycles. The van der Waals surface area contributed by atoms with Gasteiger partial charge in [0, 0.05) is 6.20 Å². The number of carbonyl (C=O) groups is 1. The van der Waals surface area contributed by atoms with Gasteiger partial charge in [-0.25, -0.2) is 4.98 Å². The zero-order chi connectivity index (χ0) is 11.5. The number of aromatic nitrogens is 1. The van der Waals surface area contributed by atoms with Crippen molar-refractivity contribution in [3.8, 4) is 0 Å². The van der Waals surface area contributed by atoms with Crippen LogP contribution in [0, 0.1) is 6.92 Å². The van der Waals surface area contributed by atoms with E-state index < -0.39 is 0 Å². The van der Waals surface area contributed by atoms with Crippen molar-refractivity contribution in [1.82, 2.24) is 4.98 Å². The molecular weight excluding hydrogens is 272 g/mol. The van der Waals surface area contributed by atoms with Crippen LogP contribution in [-0.2, 0) is 0 Å². The van der Waals surface area contributed by atoms with E-state index in [1.165, 1.54) is 0 Å². The topological polar surface area (TPSA) is 55.1 Å². The predicted octanol–water partition coefficient (Wildman–Crippen LogP) is 3.00. The number of carbonyl (C=O) groups excluding carboxylic acids is 1. The Hall–Kier alpha value is -1.62. The van der Waals surface area contributed by atoms with E-state index in [4.69, 9.17) is 4.42 Å². The maximum atomic E-state index is 11.7. The number of anilines is 1. The molecule has 16 heavy (non-hydrogen) atoms. The van der Waals surface area contributed by atoms with E-state index in [-0.39, 0.29) is 11.7 Å². The molecule has 2 aromatic rings. The molecule has 0 saturated carbocycles. The van der Waals surface area contributed by atoms with Gasteiger partial charge in [0.2, 0.25) is 0 Å². The van der Waals surface area contributed by atoms with E-state index >= 15 is 0 Å². The van der Waals surface area contributed by atoms with Crippen LogP contribution in [0.5, 0.6) is 0 Å². The minimum atomic E-state index is -0.290. The van der Waals surface area contributed by atoms with Crippen LogP contribution in [0.2, 0.25) is 0 Å². The molecule has 0 saturated heterocycles. The number of amides is 1. The summed E-state index contributed by atoms with van der Waals surface area (Å²) in [6.07, 6.45) is 1.64. The van der Waals surface area contributed by atoms with Gasteiger partial charge in [0.15, 0.2) is 5.76 Å². The van der Waals surface area contributed by atoms with Gasteiger partial charge in [-0.2, -0.15) is 0 Å². The fourth-order valence-corrected chi connectivity index (χ4v) is 1.57. The molecule has 0 unspecified atom stereocenters. The second kappa shape index (κ2) is 4.49. The summed E-state index contributed by atoms with van der Waals surface area (Å²) in [5, 5.41) is 2.70. The Morgan fingerprint density at radius 2 is 2.25 bits per heavy atom. The molecule has 82 valence electrons. The molecule has 0 bridgehead atoms. The van der Waals surface area contributed by atoms with Gasteiger partial charge in [0.1, 0.15) is 10.4 Å². The maximum absolute atomic E-state index is 11.7. The van der Waals surface area contributed by atoms with Gasteiger partial charge in [-0.3, -0.25) is 4.79 Å². The highest BCUT2D eigenvalue weighted by atomic mass is 79.9. The Labute approximate surface area is 101 Å². The SMILES string of the molecule is Cc1ccc(C(=O)Nc2cccnc2Br)o1. The Kier molecular flexibility index (Phi) is 3.05. The highest BCUT2D eigenvalue weighted by molar-refractivity contribution is 9.10. The summed E-state index contributed by atoms with van der Waals surface area (Å²) in [5.41, 5.74) is 0.613. The zero-order valence-electron chi connectivity index (χ0n) is 8.53. The molecule has 0 aliphatic rings. The third kappa shape index (κ3) is 2.30. The van der Waals surface area contributed by atoms with Crippen molar-refractivity contribution in [2.24, 2.45) is 0 Å². The molecular formula is C11H9BrN2O2. The van der Waals surface area contributed by atoms with Crippen LogP contribution in [-0.4, -0.2) is 10.9 Å². The monoisotopic (exact) mass is 280 g/mol. The number of rotatable bonds is 2. The third-order valence-corrected chi connectivity index (χ3v) is 2.60. The summed E-state index contributed by atoms with van der Waals surface area (Å²) in [6, 6.07) is 6.88. The van der Waals surface area contributed by atoms with Gasteiger partial charge >= 0.3 is 0 Å². The number of hydrogen-bond acceptors (Lipinski definition) is 3. The van der Waals surface area contributed by atoms with Gasteiger partial charge in [-0.15, -0.1) is 0 Å². The first-order valence-corrected chi connectivity index (χ1v) is 5.44. The smallest absolute Gasteiger partial charge is 0.291 e. The van der Waals surface area contributed by atoms with Crippen LogP contribution in [0.15, 0.2) is 39.5 Å². The zero-order valence-corrected chi connectivity index (χ0v) is 10.1. The van der Waals surface area contributed by atoms with Crippen LogP contribution in [0.1, 0.15) is 16.3 Å². The van der Waals surface area contributed by atoms with Gasteiger partial charge in [-0.05, 0) is 47.1 Å². The molecule has 0 radical (unpaired) electrons. The molecule has 0 spiro atoms. The fourth-order valence-electron chi connectivity index (χ4n) is 1.22. The summed E-state index contributed by atoms with van der Waals surface area (Å²) in [6.45, 7) is 1.79. The second-order valence-electron chi connectivity index (χ2n) is 3.21. The molecule has 0 fully saturated rings. The van der Waals surface area contributed by atoms with Crippen LogP contribution < -0.4 is 5.32 Å². The molecule has 1 amide bonds. The molecule has 0 aromatic carbocycles. The minimum Gasteiger partial charge on any atom is -0.456 e.